The van der Waals surface area contributed by atoms with Crippen LogP contribution < -0.4 is 0 Å². The van der Waals surface area contributed by atoms with E-state index in [0.717, 1.165) is 16.4 Å². The lowest BCUT2D eigenvalue weighted by Gasteiger charge is -2.32. The number of halogens is 2. The molecule has 0 fully saturated rings. The van der Waals surface area contributed by atoms with Crippen molar-refractivity contribution in [3.8, 4) is 0 Å². The number of nitrogens with zero attached hydrogens (tertiary/aromatic N) is 4. The van der Waals surface area contributed by atoms with Crippen LogP contribution in [0.25, 0.3) is 0 Å². The van der Waals surface area contributed by atoms with Gasteiger partial charge in [-0.15, -0.1) is 0 Å². The van der Waals surface area contributed by atoms with Gasteiger partial charge in [-0.05, 0) is 18.2 Å². The average molecular weight is 408 g/mol. The van der Waals surface area contributed by atoms with Crippen molar-refractivity contribution < 1.29 is 22.3 Å². The molecular formula is C18H18F2N4O3S. The van der Waals surface area contributed by atoms with Crippen molar-refractivity contribution >= 4 is 10.0 Å². The number of sulfonamides is 1. The highest BCUT2D eigenvalue weighted by molar-refractivity contribution is 7.89. The molecule has 0 bridgehead atoms. The molecule has 148 valence electrons. The minimum Gasteiger partial charge on any atom is -0.382 e. The van der Waals surface area contributed by atoms with Crippen molar-refractivity contribution in [2.45, 2.75) is 17.0 Å². The van der Waals surface area contributed by atoms with Crippen LogP contribution in [0.3, 0.4) is 0 Å². The van der Waals surface area contributed by atoms with Crippen LogP contribution in [0.1, 0.15) is 5.56 Å². The molecule has 1 N–H and O–H groups in total. The van der Waals surface area contributed by atoms with Gasteiger partial charge >= 0.3 is 0 Å². The zero-order chi connectivity index (χ0) is 20.4. The lowest BCUT2D eigenvalue weighted by molar-refractivity contribution is -0.00112. The van der Waals surface area contributed by atoms with E-state index in [2.05, 4.69) is 10.1 Å². The molecule has 1 heterocycles. The SMILES string of the molecule is CN(CC(O)(Cn1cncn1)c1ccc(F)cc1F)S(=O)(=O)c1ccccc1. The van der Waals surface area contributed by atoms with Gasteiger partial charge in [0.05, 0.1) is 11.4 Å². The molecule has 0 saturated heterocycles. The second-order valence-corrected chi connectivity index (χ2v) is 8.37. The Balaban J connectivity index is 1.99. The zero-order valence-corrected chi connectivity index (χ0v) is 15.7. The van der Waals surface area contributed by atoms with Crippen molar-refractivity contribution in [2.75, 3.05) is 13.6 Å². The molecule has 10 heteroatoms. The first-order valence-electron chi connectivity index (χ1n) is 8.24. The van der Waals surface area contributed by atoms with Crippen molar-refractivity contribution in [3.05, 3.63) is 78.4 Å². The molecule has 0 saturated carbocycles. The summed E-state index contributed by atoms with van der Waals surface area (Å²) in [5.41, 5.74) is -2.28. The Kier molecular flexibility index (Phi) is 5.54. The number of hydrogen-bond donors (Lipinski definition) is 1. The number of aromatic nitrogens is 3. The number of benzene rings is 2. The van der Waals surface area contributed by atoms with Crippen LogP contribution >= 0.6 is 0 Å². The van der Waals surface area contributed by atoms with Crippen molar-refractivity contribution in [1.82, 2.24) is 19.1 Å². The van der Waals surface area contributed by atoms with E-state index in [1.807, 2.05) is 0 Å². The second kappa shape index (κ2) is 7.74. The van der Waals surface area contributed by atoms with E-state index in [1.165, 1.54) is 36.5 Å². The molecule has 3 rings (SSSR count). The Morgan fingerprint density at radius 1 is 1.18 bits per heavy atom. The average Bonchev–Trinajstić information content (AvgIpc) is 3.14. The third-order valence-corrected chi connectivity index (χ3v) is 6.08. The predicted molar refractivity (Wildman–Crippen MR) is 96.5 cm³/mol. The van der Waals surface area contributed by atoms with E-state index in [1.54, 1.807) is 18.2 Å². The summed E-state index contributed by atoms with van der Waals surface area (Å²) < 4.78 is 55.5. The Morgan fingerprint density at radius 2 is 1.89 bits per heavy atom. The lowest BCUT2D eigenvalue weighted by Crippen LogP contribution is -2.45. The normalized spacial score (nSPS) is 14.2. The topological polar surface area (TPSA) is 88.3 Å². The maximum Gasteiger partial charge on any atom is 0.242 e. The highest BCUT2D eigenvalue weighted by Gasteiger charge is 2.38. The molecule has 1 atom stereocenters. The molecule has 0 aliphatic rings. The number of rotatable bonds is 7. The molecule has 0 radical (unpaired) electrons. The summed E-state index contributed by atoms with van der Waals surface area (Å²) in [4.78, 5) is 3.80. The minimum absolute atomic E-state index is 0.0279. The largest absolute Gasteiger partial charge is 0.382 e. The van der Waals surface area contributed by atoms with Crippen LogP contribution in [0, 0.1) is 11.6 Å². The number of likely N-dealkylation sites (N-methyl/N-ethyl adjacent to an activating group) is 1. The van der Waals surface area contributed by atoms with E-state index in [9.17, 15) is 22.3 Å². The molecule has 1 aromatic heterocycles. The first-order chi connectivity index (χ1) is 13.2. The third kappa shape index (κ3) is 4.08. The monoisotopic (exact) mass is 408 g/mol. The Morgan fingerprint density at radius 3 is 2.50 bits per heavy atom. The highest BCUT2D eigenvalue weighted by Crippen LogP contribution is 2.29. The van der Waals surface area contributed by atoms with Crippen molar-refractivity contribution in [1.29, 1.82) is 0 Å². The molecular weight excluding hydrogens is 390 g/mol. The third-order valence-electron chi connectivity index (χ3n) is 4.26. The van der Waals surface area contributed by atoms with Gasteiger partial charge in [-0.25, -0.2) is 26.9 Å². The smallest absolute Gasteiger partial charge is 0.242 e. The van der Waals surface area contributed by atoms with E-state index in [0.29, 0.717) is 6.07 Å². The van der Waals surface area contributed by atoms with Crippen LogP contribution in [-0.4, -0.2) is 46.2 Å². The highest BCUT2D eigenvalue weighted by atomic mass is 32.2. The van der Waals surface area contributed by atoms with Crippen LogP contribution in [0.15, 0.2) is 66.1 Å². The Bertz CT molecular complexity index is 1050. The standard InChI is InChI=1S/C18H18F2N4O3S/c1-23(28(26,27)15-5-3-2-4-6-15)10-18(25,11-24-13-21-12-22-24)16-8-7-14(19)9-17(16)20/h2-9,12-13,25H,10-11H2,1H3. The quantitative estimate of drug-likeness (QED) is 0.644. The summed E-state index contributed by atoms with van der Waals surface area (Å²) in [5, 5.41) is 15.1. The minimum atomic E-state index is -3.95. The van der Waals surface area contributed by atoms with E-state index in [-0.39, 0.29) is 17.0 Å². The predicted octanol–water partition coefficient (Wildman–Crippen LogP) is 1.76. The lowest BCUT2D eigenvalue weighted by atomic mass is 9.93. The van der Waals surface area contributed by atoms with Gasteiger partial charge < -0.3 is 5.11 Å². The fraction of sp³-hybridized carbons (Fsp3) is 0.222. The van der Waals surface area contributed by atoms with Gasteiger partial charge in [-0.2, -0.15) is 9.40 Å². The molecule has 7 nitrogen and oxygen atoms in total. The number of hydrogen-bond acceptors (Lipinski definition) is 5. The Labute approximate surface area is 160 Å². The molecule has 28 heavy (non-hydrogen) atoms. The molecule has 1 unspecified atom stereocenters. The van der Waals surface area contributed by atoms with Crippen LogP contribution in [-0.2, 0) is 22.2 Å². The van der Waals surface area contributed by atoms with Gasteiger partial charge in [-0.1, -0.05) is 24.3 Å². The zero-order valence-electron chi connectivity index (χ0n) is 14.9. The first kappa shape index (κ1) is 20.1. The van der Waals surface area contributed by atoms with Crippen molar-refractivity contribution in [2.24, 2.45) is 0 Å². The summed E-state index contributed by atoms with van der Waals surface area (Å²) in [6.45, 7) is -0.781. The van der Waals surface area contributed by atoms with Gasteiger partial charge in [0.25, 0.3) is 0 Å². The van der Waals surface area contributed by atoms with E-state index in [4.69, 9.17) is 0 Å². The van der Waals surface area contributed by atoms with Crippen molar-refractivity contribution in [3.63, 3.8) is 0 Å². The molecule has 0 aliphatic heterocycles. The molecule has 0 spiro atoms. The fourth-order valence-corrected chi connectivity index (χ4v) is 4.14. The fourth-order valence-electron chi connectivity index (χ4n) is 2.90. The molecule has 0 amide bonds. The maximum absolute atomic E-state index is 14.4. The van der Waals surface area contributed by atoms with Gasteiger partial charge in [0.15, 0.2) is 0 Å². The molecule has 0 aliphatic carbocycles. The van der Waals surface area contributed by atoms with Crippen LogP contribution in [0.2, 0.25) is 0 Å². The first-order valence-corrected chi connectivity index (χ1v) is 9.68. The van der Waals surface area contributed by atoms with E-state index < -0.39 is 33.8 Å². The van der Waals surface area contributed by atoms with Gasteiger partial charge in [0.1, 0.15) is 29.9 Å². The summed E-state index contributed by atoms with van der Waals surface area (Å²) in [6, 6.07) is 10.4. The Hall–Kier alpha value is -2.69. The van der Waals surface area contributed by atoms with Gasteiger partial charge in [0.2, 0.25) is 10.0 Å². The van der Waals surface area contributed by atoms with Gasteiger partial charge in [-0.3, -0.25) is 0 Å². The van der Waals surface area contributed by atoms with Gasteiger partial charge in [0, 0.05) is 25.2 Å². The van der Waals surface area contributed by atoms with Crippen LogP contribution in [0.5, 0.6) is 0 Å². The second-order valence-electron chi connectivity index (χ2n) is 6.32. The van der Waals surface area contributed by atoms with E-state index >= 15 is 0 Å². The number of aliphatic hydroxyl groups is 1. The summed E-state index contributed by atoms with van der Waals surface area (Å²) in [5.74, 6) is -1.80. The molecule has 2 aromatic carbocycles. The summed E-state index contributed by atoms with van der Waals surface area (Å²) in [7, 11) is -2.67. The molecule has 3 aromatic rings. The summed E-state index contributed by atoms with van der Waals surface area (Å²) in [6.07, 6.45) is 2.53. The summed E-state index contributed by atoms with van der Waals surface area (Å²) >= 11 is 0. The maximum atomic E-state index is 14.4. The van der Waals surface area contributed by atoms with Crippen LogP contribution in [0.4, 0.5) is 8.78 Å².